The second-order valence-electron chi connectivity index (χ2n) is 8.19. The van der Waals surface area contributed by atoms with Crippen molar-refractivity contribution in [3.05, 3.63) is 29.5 Å². The van der Waals surface area contributed by atoms with Gasteiger partial charge in [-0.2, -0.15) is 5.10 Å². The highest BCUT2D eigenvalue weighted by Crippen LogP contribution is 2.25. The van der Waals surface area contributed by atoms with Gasteiger partial charge in [-0.05, 0) is 45.7 Å². The number of rotatable bonds is 2. The van der Waals surface area contributed by atoms with Crippen LogP contribution in [0.25, 0.3) is 10.9 Å². The summed E-state index contributed by atoms with van der Waals surface area (Å²) in [5.74, 6) is 0.131. The summed E-state index contributed by atoms with van der Waals surface area (Å²) in [5.41, 5.74) is 2.44. The van der Waals surface area contributed by atoms with Crippen LogP contribution in [-0.4, -0.2) is 70.2 Å². The van der Waals surface area contributed by atoms with Crippen molar-refractivity contribution >= 4 is 22.7 Å². The third kappa shape index (κ3) is 3.63. The lowest BCUT2D eigenvalue weighted by atomic mass is 9.94. The van der Waals surface area contributed by atoms with E-state index in [-0.39, 0.29) is 29.9 Å². The van der Waals surface area contributed by atoms with Crippen molar-refractivity contribution in [2.24, 2.45) is 5.92 Å². The highest BCUT2D eigenvalue weighted by Gasteiger charge is 2.34. The molecule has 2 aliphatic rings. The number of nitrogens with zero attached hydrogens (tertiary/aromatic N) is 3. The Labute approximate surface area is 165 Å². The summed E-state index contributed by atoms with van der Waals surface area (Å²) >= 11 is 0. The molecule has 0 aliphatic carbocycles. The van der Waals surface area contributed by atoms with E-state index in [0.717, 1.165) is 16.5 Å². The molecule has 1 N–H and O–H groups in total. The van der Waals surface area contributed by atoms with Crippen LogP contribution in [0.2, 0.25) is 0 Å². The van der Waals surface area contributed by atoms with E-state index in [2.05, 4.69) is 10.2 Å². The van der Waals surface area contributed by atoms with Gasteiger partial charge < -0.3 is 14.5 Å². The molecule has 2 aliphatic heterocycles. The van der Waals surface area contributed by atoms with Crippen LogP contribution in [0.4, 0.5) is 0 Å². The van der Waals surface area contributed by atoms with Crippen LogP contribution in [0.1, 0.15) is 42.7 Å². The molecule has 7 nitrogen and oxygen atoms in total. The zero-order chi connectivity index (χ0) is 19.8. The number of aryl methyl sites for hydroxylation is 1. The van der Waals surface area contributed by atoms with E-state index >= 15 is 0 Å². The predicted octanol–water partition coefficient (Wildman–Crippen LogP) is 2.36. The summed E-state index contributed by atoms with van der Waals surface area (Å²) in [6.45, 7) is 8.50. The maximum Gasteiger partial charge on any atom is 0.274 e. The van der Waals surface area contributed by atoms with Crippen LogP contribution in [0.3, 0.4) is 0 Å². The summed E-state index contributed by atoms with van der Waals surface area (Å²) in [5, 5.41) is 8.05. The number of benzene rings is 1. The van der Waals surface area contributed by atoms with Crippen LogP contribution in [-0.2, 0) is 9.53 Å². The van der Waals surface area contributed by atoms with Gasteiger partial charge in [-0.1, -0.05) is 11.6 Å². The van der Waals surface area contributed by atoms with Gasteiger partial charge in [0.15, 0.2) is 5.69 Å². The minimum absolute atomic E-state index is 0.0141. The molecule has 1 aromatic carbocycles. The molecule has 0 spiro atoms. The topological polar surface area (TPSA) is 78.5 Å². The van der Waals surface area contributed by atoms with Crippen LogP contribution >= 0.6 is 0 Å². The van der Waals surface area contributed by atoms with E-state index in [0.29, 0.717) is 44.7 Å². The Hall–Kier alpha value is -2.41. The Morgan fingerprint density at radius 2 is 1.79 bits per heavy atom. The van der Waals surface area contributed by atoms with E-state index in [1.54, 1.807) is 0 Å². The molecule has 7 heteroatoms. The van der Waals surface area contributed by atoms with Crippen LogP contribution in [0, 0.1) is 12.8 Å². The van der Waals surface area contributed by atoms with Gasteiger partial charge in [-0.15, -0.1) is 0 Å². The number of H-pyrrole nitrogens is 1. The number of hydrogen-bond donors (Lipinski definition) is 1. The average molecular weight is 384 g/mol. The summed E-state index contributed by atoms with van der Waals surface area (Å²) < 4.78 is 5.73. The molecule has 2 atom stereocenters. The number of nitrogens with one attached hydrogen (secondary N) is 1. The Balaban J connectivity index is 1.40. The zero-order valence-corrected chi connectivity index (χ0v) is 16.8. The van der Waals surface area contributed by atoms with E-state index in [1.807, 2.05) is 48.8 Å². The van der Waals surface area contributed by atoms with Gasteiger partial charge in [0.1, 0.15) is 0 Å². The smallest absolute Gasteiger partial charge is 0.274 e. The third-order valence-electron chi connectivity index (χ3n) is 5.78. The van der Waals surface area contributed by atoms with Crippen LogP contribution in [0.15, 0.2) is 18.2 Å². The summed E-state index contributed by atoms with van der Waals surface area (Å²) in [4.78, 5) is 29.7. The fourth-order valence-corrected chi connectivity index (χ4v) is 4.39. The van der Waals surface area contributed by atoms with E-state index in [9.17, 15) is 9.59 Å². The number of aromatic amines is 1. The van der Waals surface area contributed by atoms with E-state index < -0.39 is 0 Å². The van der Waals surface area contributed by atoms with Crippen molar-refractivity contribution in [2.75, 3.05) is 26.2 Å². The zero-order valence-electron chi connectivity index (χ0n) is 16.8. The summed E-state index contributed by atoms with van der Waals surface area (Å²) in [7, 11) is 0. The van der Waals surface area contributed by atoms with Gasteiger partial charge in [0.2, 0.25) is 5.91 Å². The molecular formula is C21H28N4O3. The molecule has 2 unspecified atom stereocenters. The SMILES string of the molecule is Cc1ccc2[nH]nc(C(=O)N3CCC(C(=O)N4CC(C)OC(C)C4)CC3)c2c1. The molecule has 2 fully saturated rings. The first-order chi connectivity index (χ1) is 13.4. The average Bonchev–Trinajstić information content (AvgIpc) is 3.09. The van der Waals surface area contributed by atoms with Gasteiger partial charge in [0, 0.05) is 37.5 Å². The van der Waals surface area contributed by atoms with Gasteiger partial charge in [-0.25, -0.2) is 0 Å². The molecule has 150 valence electrons. The highest BCUT2D eigenvalue weighted by molar-refractivity contribution is 6.04. The molecule has 28 heavy (non-hydrogen) atoms. The minimum Gasteiger partial charge on any atom is -0.372 e. The number of carbonyl (C=O) groups excluding carboxylic acids is 2. The number of ether oxygens (including phenoxy) is 1. The number of fused-ring (bicyclic) bond motifs is 1. The van der Waals surface area contributed by atoms with Gasteiger partial charge in [0.05, 0.1) is 17.7 Å². The standard InChI is InChI=1S/C21H28N4O3/c1-13-4-5-18-17(10-13)19(23-22-18)21(27)24-8-6-16(7-9-24)20(26)25-11-14(2)28-15(3)12-25/h4-5,10,14-16H,6-9,11-12H2,1-3H3,(H,22,23). The highest BCUT2D eigenvalue weighted by atomic mass is 16.5. The van der Waals surface area contributed by atoms with Crippen LogP contribution in [0.5, 0.6) is 0 Å². The number of hydrogen-bond acceptors (Lipinski definition) is 4. The molecule has 2 aromatic rings. The molecule has 1 aromatic heterocycles. The third-order valence-corrected chi connectivity index (χ3v) is 5.78. The summed E-state index contributed by atoms with van der Waals surface area (Å²) in [6.07, 6.45) is 1.55. The second kappa shape index (κ2) is 7.54. The summed E-state index contributed by atoms with van der Waals surface area (Å²) in [6, 6.07) is 5.94. The van der Waals surface area contributed by atoms with Gasteiger partial charge in [0.25, 0.3) is 5.91 Å². The molecule has 0 radical (unpaired) electrons. The molecule has 2 amide bonds. The Morgan fingerprint density at radius 3 is 2.46 bits per heavy atom. The first-order valence-electron chi connectivity index (χ1n) is 10.1. The predicted molar refractivity (Wildman–Crippen MR) is 106 cm³/mol. The lowest BCUT2D eigenvalue weighted by molar-refractivity contribution is -0.148. The minimum atomic E-state index is -0.0589. The molecule has 0 saturated carbocycles. The Bertz CT molecular complexity index is 875. The van der Waals surface area contributed by atoms with Gasteiger partial charge >= 0.3 is 0 Å². The van der Waals surface area contributed by atoms with E-state index in [4.69, 9.17) is 4.74 Å². The molecule has 2 saturated heterocycles. The quantitative estimate of drug-likeness (QED) is 0.862. The van der Waals surface area contributed by atoms with Crippen molar-refractivity contribution in [1.82, 2.24) is 20.0 Å². The first kappa shape index (κ1) is 18.9. The van der Waals surface area contributed by atoms with Gasteiger partial charge in [-0.3, -0.25) is 14.7 Å². The van der Waals surface area contributed by atoms with Crippen LogP contribution < -0.4 is 0 Å². The fraction of sp³-hybridized carbons (Fsp3) is 0.571. The molecular weight excluding hydrogens is 356 g/mol. The van der Waals surface area contributed by atoms with Crippen molar-refractivity contribution in [2.45, 2.75) is 45.8 Å². The van der Waals surface area contributed by atoms with Crippen molar-refractivity contribution in [3.63, 3.8) is 0 Å². The van der Waals surface area contributed by atoms with Crippen molar-refractivity contribution < 1.29 is 14.3 Å². The first-order valence-corrected chi connectivity index (χ1v) is 10.1. The fourth-order valence-electron chi connectivity index (χ4n) is 4.39. The second-order valence-corrected chi connectivity index (χ2v) is 8.19. The molecule has 3 heterocycles. The molecule has 4 rings (SSSR count). The number of morpholine rings is 1. The number of carbonyl (C=O) groups is 2. The maximum absolute atomic E-state index is 13.0. The number of piperidine rings is 1. The normalized spacial score (nSPS) is 24.0. The van der Waals surface area contributed by atoms with Crippen molar-refractivity contribution in [1.29, 1.82) is 0 Å². The number of amides is 2. The molecule has 0 bridgehead atoms. The van der Waals surface area contributed by atoms with E-state index in [1.165, 1.54) is 0 Å². The van der Waals surface area contributed by atoms with Crippen molar-refractivity contribution in [3.8, 4) is 0 Å². The number of aromatic nitrogens is 2. The monoisotopic (exact) mass is 384 g/mol. The largest absolute Gasteiger partial charge is 0.372 e. The Kier molecular flexibility index (Phi) is 5.10. The maximum atomic E-state index is 13.0. The Morgan fingerprint density at radius 1 is 1.11 bits per heavy atom. The number of likely N-dealkylation sites (tertiary alicyclic amines) is 1. The lowest BCUT2D eigenvalue weighted by Gasteiger charge is -2.39. The lowest BCUT2D eigenvalue weighted by Crippen LogP contribution is -2.51.